The fourth-order valence-electron chi connectivity index (χ4n) is 3.18. The fourth-order valence-corrected chi connectivity index (χ4v) is 3.18. The summed E-state index contributed by atoms with van der Waals surface area (Å²) in [6.07, 6.45) is 0.801. The molecule has 0 fully saturated rings. The molecular formula is C22H30N2O6. The number of allylic oxidation sites excluding steroid dienone is 1. The molecule has 0 unspecified atom stereocenters. The maximum atomic E-state index is 12.9. The molecule has 30 heavy (non-hydrogen) atoms. The predicted molar refractivity (Wildman–Crippen MR) is 111 cm³/mol. The van der Waals surface area contributed by atoms with Gasteiger partial charge in [0.2, 0.25) is 0 Å². The second-order valence-corrected chi connectivity index (χ2v) is 7.46. The van der Waals surface area contributed by atoms with Crippen LogP contribution in [0.1, 0.15) is 49.2 Å². The summed E-state index contributed by atoms with van der Waals surface area (Å²) in [6.45, 7) is 6.79. The Hall–Kier alpha value is -2.87. The standard InChI is InChI=1S/C22H30N2O6/c1-14(2)10-11-24-15(3)18(21(26)30-13-12-28-4)19(23-22(24)27)16-6-8-17(9-7-16)20(25)29-5/h6-9,14,19H,10-13H2,1-5H3,(H,23,27)/t19-/m0/s1. The number of carbonyl (C=O) groups is 3. The van der Waals surface area contributed by atoms with Crippen molar-refractivity contribution in [3.8, 4) is 0 Å². The van der Waals surface area contributed by atoms with Gasteiger partial charge in [-0.1, -0.05) is 26.0 Å². The van der Waals surface area contributed by atoms with Crippen molar-refractivity contribution < 1.29 is 28.6 Å². The molecule has 0 aliphatic carbocycles. The first kappa shape index (κ1) is 23.4. The smallest absolute Gasteiger partial charge is 0.338 e. The minimum Gasteiger partial charge on any atom is -0.465 e. The van der Waals surface area contributed by atoms with Crippen molar-refractivity contribution in [2.75, 3.05) is 34.0 Å². The van der Waals surface area contributed by atoms with E-state index >= 15 is 0 Å². The highest BCUT2D eigenvalue weighted by atomic mass is 16.6. The van der Waals surface area contributed by atoms with Gasteiger partial charge in [0.15, 0.2) is 0 Å². The fraction of sp³-hybridized carbons (Fsp3) is 0.500. The first-order chi connectivity index (χ1) is 14.3. The lowest BCUT2D eigenvalue weighted by molar-refractivity contribution is -0.140. The number of methoxy groups -OCH3 is 2. The van der Waals surface area contributed by atoms with Crippen LogP contribution in [-0.2, 0) is 19.0 Å². The zero-order valence-electron chi connectivity index (χ0n) is 18.2. The highest BCUT2D eigenvalue weighted by Crippen LogP contribution is 2.32. The Bertz CT molecular complexity index is 800. The molecule has 1 aromatic rings. The summed E-state index contributed by atoms with van der Waals surface area (Å²) in [5, 5.41) is 2.90. The quantitative estimate of drug-likeness (QED) is 0.489. The Morgan fingerprint density at radius 3 is 2.33 bits per heavy atom. The van der Waals surface area contributed by atoms with E-state index in [0.717, 1.165) is 6.42 Å². The van der Waals surface area contributed by atoms with Crippen LogP contribution in [-0.4, -0.2) is 56.8 Å². The number of amides is 2. The van der Waals surface area contributed by atoms with Crippen LogP contribution in [0.4, 0.5) is 4.79 Å². The second kappa shape index (κ2) is 10.8. The molecule has 0 saturated heterocycles. The van der Waals surface area contributed by atoms with Gasteiger partial charge in [-0.3, -0.25) is 4.90 Å². The van der Waals surface area contributed by atoms with E-state index in [2.05, 4.69) is 19.2 Å². The van der Waals surface area contributed by atoms with E-state index < -0.39 is 18.0 Å². The van der Waals surface area contributed by atoms with Gasteiger partial charge in [0.05, 0.1) is 30.9 Å². The Kier molecular flexibility index (Phi) is 8.41. The number of ether oxygens (including phenoxy) is 3. The number of rotatable bonds is 9. The molecule has 0 radical (unpaired) electrons. The van der Waals surface area contributed by atoms with Crippen molar-refractivity contribution in [2.45, 2.75) is 33.2 Å². The number of urea groups is 1. The normalized spacial score (nSPS) is 16.5. The maximum Gasteiger partial charge on any atom is 0.338 e. The molecule has 1 aromatic carbocycles. The average Bonchev–Trinajstić information content (AvgIpc) is 2.72. The Labute approximate surface area is 177 Å². The van der Waals surface area contributed by atoms with Gasteiger partial charge in [-0.25, -0.2) is 14.4 Å². The average molecular weight is 418 g/mol. The van der Waals surface area contributed by atoms with E-state index in [1.165, 1.54) is 14.2 Å². The van der Waals surface area contributed by atoms with Crippen molar-refractivity contribution in [3.63, 3.8) is 0 Å². The van der Waals surface area contributed by atoms with Crippen LogP contribution < -0.4 is 5.32 Å². The summed E-state index contributed by atoms with van der Waals surface area (Å²) in [4.78, 5) is 39.0. The van der Waals surface area contributed by atoms with Gasteiger partial charge in [0, 0.05) is 19.4 Å². The van der Waals surface area contributed by atoms with E-state index in [9.17, 15) is 14.4 Å². The molecule has 2 rings (SSSR count). The Morgan fingerprint density at radius 1 is 1.10 bits per heavy atom. The van der Waals surface area contributed by atoms with E-state index in [0.29, 0.717) is 34.9 Å². The van der Waals surface area contributed by atoms with Gasteiger partial charge >= 0.3 is 18.0 Å². The van der Waals surface area contributed by atoms with E-state index in [1.807, 2.05) is 0 Å². The molecule has 1 N–H and O–H groups in total. The van der Waals surface area contributed by atoms with E-state index in [1.54, 1.807) is 36.1 Å². The molecular weight excluding hydrogens is 388 g/mol. The predicted octanol–water partition coefficient (Wildman–Crippen LogP) is 3.05. The third-order valence-corrected chi connectivity index (χ3v) is 4.93. The van der Waals surface area contributed by atoms with E-state index in [-0.39, 0.29) is 19.2 Å². The molecule has 164 valence electrons. The molecule has 0 aromatic heterocycles. The summed E-state index contributed by atoms with van der Waals surface area (Å²) in [5.41, 5.74) is 1.97. The first-order valence-electron chi connectivity index (χ1n) is 9.93. The monoisotopic (exact) mass is 418 g/mol. The molecule has 8 nitrogen and oxygen atoms in total. The van der Waals surface area contributed by atoms with Crippen molar-refractivity contribution in [1.82, 2.24) is 10.2 Å². The minimum atomic E-state index is -0.686. The highest BCUT2D eigenvalue weighted by Gasteiger charge is 2.36. The molecule has 1 aliphatic rings. The topological polar surface area (TPSA) is 94.2 Å². The van der Waals surface area contributed by atoms with Gasteiger partial charge < -0.3 is 19.5 Å². The number of nitrogens with one attached hydrogen (secondary N) is 1. The van der Waals surface area contributed by atoms with E-state index in [4.69, 9.17) is 14.2 Å². The first-order valence-corrected chi connectivity index (χ1v) is 9.93. The highest BCUT2D eigenvalue weighted by molar-refractivity contribution is 5.95. The Morgan fingerprint density at radius 2 is 1.77 bits per heavy atom. The van der Waals surface area contributed by atoms with Gasteiger partial charge in [0.25, 0.3) is 0 Å². The molecule has 0 spiro atoms. The summed E-state index contributed by atoms with van der Waals surface area (Å²) in [6, 6.07) is 5.62. The number of benzene rings is 1. The van der Waals surface area contributed by atoms with Crippen molar-refractivity contribution in [2.24, 2.45) is 5.92 Å². The van der Waals surface area contributed by atoms with Crippen molar-refractivity contribution >= 4 is 18.0 Å². The minimum absolute atomic E-state index is 0.111. The van der Waals surface area contributed by atoms with Crippen molar-refractivity contribution in [3.05, 3.63) is 46.7 Å². The lowest BCUT2D eigenvalue weighted by Gasteiger charge is -2.35. The SMILES string of the molecule is COCCOC(=O)C1=C(C)N(CCC(C)C)C(=O)N[C@H]1c1ccc(C(=O)OC)cc1. The molecule has 0 bridgehead atoms. The van der Waals surface area contributed by atoms with Gasteiger partial charge in [0.1, 0.15) is 6.61 Å². The second-order valence-electron chi connectivity index (χ2n) is 7.46. The number of hydrogen-bond donors (Lipinski definition) is 1. The van der Waals surface area contributed by atoms with Crippen LogP contribution in [0.25, 0.3) is 0 Å². The summed E-state index contributed by atoms with van der Waals surface area (Å²) in [7, 11) is 2.84. The number of esters is 2. The summed E-state index contributed by atoms with van der Waals surface area (Å²) in [5.74, 6) is -0.563. The van der Waals surface area contributed by atoms with Crippen LogP contribution in [0, 0.1) is 5.92 Å². The summed E-state index contributed by atoms with van der Waals surface area (Å²) >= 11 is 0. The third kappa shape index (κ3) is 5.60. The maximum absolute atomic E-state index is 12.9. The number of hydrogen-bond acceptors (Lipinski definition) is 6. The zero-order chi connectivity index (χ0) is 22.3. The molecule has 1 atom stereocenters. The largest absolute Gasteiger partial charge is 0.465 e. The molecule has 1 heterocycles. The number of carbonyl (C=O) groups excluding carboxylic acids is 3. The third-order valence-electron chi connectivity index (χ3n) is 4.93. The van der Waals surface area contributed by atoms with Gasteiger partial charge in [-0.05, 0) is 37.0 Å². The number of nitrogens with zero attached hydrogens (tertiary/aromatic N) is 1. The van der Waals surface area contributed by atoms with Crippen LogP contribution in [0.5, 0.6) is 0 Å². The zero-order valence-corrected chi connectivity index (χ0v) is 18.2. The summed E-state index contributed by atoms with van der Waals surface area (Å²) < 4.78 is 15.0. The van der Waals surface area contributed by atoms with Gasteiger partial charge in [-0.2, -0.15) is 0 Å². The lowest BCUT2D eigenvalue weighted by Crippen LogP contribution is -2.48. The van der Waals surface area contributed by atoms with Crippen LogP contribution in [0.2, 0.25) is 0 Å². The lowest BCUT2D eigenvalue weighted by atomic mass is 9.94. The van der Waals surface area contributed by atoms with Crippen LogP contribution >= 0.6 is 0 Å². The molecule has 0 saturated carbocycles. The van der Waals surface area contributed by atoms with Crippen LogP contribution in [0.15, 0.2) is 35.5 Å². The molecule has 1 aliphatic heterocycles. The van der Waals surface area contributed by atoms with Crippen LogP contribution in [0.3, 0.4) is 0 Å². The van der Waals surface area contributed by atoms with Crippen molar-refractivity contribution in [1.29, 1.82) is 0 Å². The molecule has 8 heteroatoms. The molecule has 2 amide bonds. The van der Waals surface area contributed by atoms with Gasteiger partial charge in [-0.15, -0.1) is 0 Å². The Balaban J connectivity index is 2.39.